The minimum absolute atomic E-state index is 0.192. The Morgan fingerprint density at radius 1 is 1.24 bits per heavy atom. The molecule has 0 spiro atoms. The summed E-state index contributed by atoms with van der Waals surface area (Å²) >= 11 is 0. The number of hydrogen-bond acceptors (Lipinski definition) is 4. The summed E-state index contributed by atoms with van der Waals surface area (Å²) in [6.07, 6.45) is 2.39. The normalized spacial score (nSPS) is 9.41. The average Bonchev–Trinajstić information content (AvgIpc) is 2.34. The molecule has 0 saturated heterocycles. The van der Waals surface area contributed by atoms with E-state index in [4.69, 9.17) is 5.11 Å². The fraction of sp³-hybridized carbons (Fsp3) is 0.200. The first-order valence-corrected chi connectivity index (χ1v) is 4.80. The predicted molar refractivity (Wildman–Crippen MR) is 56.7 cm³/mol. The number of hydrazine groups is 1. The molecule has 17 heavy (non-hydrogen) atoms. The Kier molecular flexibility index (Phi) is 4.61. The van der Waals surface area contributed by atoms with E-state index in [9.17, 15) is 14.4 Å². The van der Waals surface area contributed by atoms with Gasteiger partial charge in [-0.25, -0.2) is 0 Å². The van der Waals surface area contributed by atoms with Gasteiger partial charge < -0.3 is 5.11 Å². The maximum atomic E-state index is 11.4. The maximum absolute atomic E-state index is 11.4. The summed E-state index contributed by atoms with van der Waals surface area (Å²) in [5.74, 6) is -2.15. The van der Waals surface area contributed by atoms with Crippen LogP contribution >= 0.6 is 0 Å². The zero-order valence-corrected chi connectivity index (χ0v) is 8.84. The predicted octanol–water partition coefficient (Wildman–Crippen LogP) is -0.293. The average molecular weight is 237 g/mol. The van der Waals surface area contributed by atoms with Crippen LogP contribution in [0.15, 0.2) is 24.5 Å². The van der Waals surface area contributed by atoms with Crippen molar-refractivity contribution in [3.63, 3.8) is 0 Å². The number of aliphatic carboxylic acids is 1. The van der Waals surface area contributed by atoms with Crippen LogP contribution in [-0.4, -0.2) is 27.9 Å². The molecule has 3 N–H and O–H groups in total. The summed E-state index contributed by atoms with van der Waals surface area (Å²) < 4.78 is 0. The highest BCUT2D eigenvalue weighted by Crippen LogP contribution is 1.94. The molecule has 0 aromatic carbocycles. The minimum Gasteiger partial charge on any atom is -0.481 e. The van der Waals surface area contributed by atoms with Crippen LogP contribution in [0.3, 0.4) is 0 Å². The van der Waals surface area contributed by atoms with E-state index in [0.29, 0.717) is 5.56 Å². The Hall–Kier alpha value is -2.44. The molecule has 0 unspecified atom stereocenters. The van der Waals surface area contributed by atoms with Gasteiger partial charge in [0, 0.05) is 18.8 Å². The van der Waals surface area contributed by atoms with Gasteiger partial charge >= 0.3 is 5.97 Å². The van der Waals surface area contributed by atoms with Crippen LogP contribution in [0.4, 0.5) is 0 Å². The van der Waals surface area contributed by atoms with E-state index in [0.717, 1.165) is 0 Å². The van der Waals surface area contributed by atoms with Crippen LogP contribution in [0.1, 0.15) is 23.2 Å². The first-order chi connectivity index (χ1) is 8.09. The molecule has 1 aromatic heterocycles. The molecule has 0 atom stereocenters. The molecular formula is C10H11N3O4. The number of hydrogen-bond donors (Lipinski definition) is 3. The first kappa shape index (κ1) is 12.6. The lowest BCUT2D eigenvalue weighted by molar-refractivity contribution is -0.138. The van der Waals surface area contributed by atoms with Crippen LogP contribution in [0, 0.1) is 0 Å². The highest BCUT2D eigenvalue weighted by Gasteiger charge is 2.08. The number of amides is 2. The fourth-order valence-electron chi connectivity index (χ4n) is 0.979. The highest BCUT2D eigenvalue weighted by molar-refractivity contribution is 5.95. The van der Waals surface area contributed by atoms with Crippen molar-refractivity contribution < 1.29 is 19.5 Å². The highest BCUT2D eigenvalue weighted by atomic mass is 16.4. The summed E-state index contributed by atoms with van der Waals surface area (Å²) in [6, 6.07) is 3.12. The molecule has 0 aliphatic heterocycles. The molecule has 7 heteroatoms. The van der Waals surface area contributed by atoms with Gasteiger partial charge in [0.2, 0.25) is 5.91 Å². The van der Waals surface area contributed by atoms with Crippen molar-refractivity contribution in [2.45, 2.75) is 12.8 Å². The second kappa shape index (κ2) is 6.21. The Labute approximate surface area is 96.8 Å². The van der Waals surface area contributed by atoms with Gasteiger partial charge in [-0.2, -0.15) is 0 Å². The number of carbonyl (C=O) groups is 3. The van der Waals surface area contributed by atoms with Crippen molar-refractivity contribution in [2.24, 2.45) is 0 Å². The number of rotatable bonds is 4. The van der Waals surface area contributed by atoms with Gasteiger partial charge in [-0.05, 0) is 12.1 Å². The second-order valence-electron chi connectivity index (χ2n) is 3.14. The Morgan fingerprint density at radius 2 is 2.00 bits per heavy atom. The van der Waals surface area contributed by atoms with E-state index in [1.54, 1.807) is 6.07 Å². The van der Waals surface area contributed by atoms with Gasteiger partial charge in [-0.15, -0.1) is 0 Å². The summed E-state index contributed by atoms with van der Waals surface area (Å²) in [7, 11) is 0. The summed E-state index contributed by atoms with van der Waals surface area (Å²) in [5, 5.41) is 8.34. The van der Waals surface area contributed by atoms with Crippen molar-refractivity contribution in [2.75, 3.05) is 0 Å². The number of nitrogens with one attached hydrogen (secondary N) is 2. The zero-order chi connectivity index (χ0) is 12.7. The maximum Gasteiger partial charge on any atom is 0.303 e. The standard InChI is InChI=1S/C10H11N3O4/c14-8(3-4-9(15)16)12-13-10(17)7-2-1-5-11-6-7/h1-2,5-6H,3-4H2,(H,12,14)(H,13,17)(H,15,16). The molecule has 1 rings (SSSR count). The lowest BCUT2D eigenvalue weighted by Gasteiger charge is -2.05. The van der Waals surface area contributed by atoms with Crippen LogP contribution in [0.2, 0.25) is 0 Å². The minimum atomic E-state index is -1.07. The third-order valence-electron chi connectivity index (χ3n) is 1.81. The monoisotopic (exact) mass is 237 g/mol. The Morgan fingerprint density at radius 3 is 2.59 bits per heavy atom. The SMILES string of the molecule is O=C(O)CCC(=O)NNC(=O)c1cccnc1. The lowest BCUT2D eigenvalue weighted by Crippen LogP contribution is -2.41. The number of aromatic nitrogens is 1. The van der Waals surface area contributed by atoms with E-state index in [1.807, 2.05) is 0 Å². The fourth-order valence-corrected chi connectivity index (χ4v) is 0.979. The van der Waals surface area contributed by atoms with Crippen molar-refractivity contribution in [3.05, 3.63) is 30.1 Å². The van der Waals surface area contributed by atoms with E-state index in [2.05, 4.69) is 15.8 Å². The quantitative estimate of drug-likeness (QED) is 0.623. The van der Waals surface area contributed by atoms with Gasteiger partial charge in [0.1, 0.15) is 0 Å². The van der Waals surface area contributed by atoms with Gasteiger partial charge in [0.15, 0.2) is 0 Å². The van der Waals surface area contributed by atoms with Gasteiger partial charge in [-0.1, -0.05) is 0 Å². The molecule has 7 nitrogen and oxygen atoms in total. The summed E-state index contributed by atoms with van der Waals surface area (Å²) in [6.45, 7) is 0. The van der Waals surface area contributed by atoms with Crippen LogP contribution in [-0.2, 0) is 9.59 Å². The smallest absolute Gasteiger partial charge is 0.303 e. The van der Waals surface area contributed by atoms with Crippen molar-refractivity contribution in [1.82, 2.24) is 15.8 Å². The second-order valence-corrected chi connectivity index (χ2v) is 3.14. The topological polar surface area (TPSA) is 108 Å². The Balaban J connectivity index is 2.34. The molecule has 1 heterocycles. The van der Waals surface area contributed by atoms with Crippen LogP contribution in [0.25, 0.3) is 0 Å². The molecule has 0 aliphatic carbocycles. The first-order valence-electron chi connectivity index (χ1n) is 4.80. The Bertz CT molecular complexity index is 419. The van der Waals surface area contributed by atoms with Gasteiger partial charge in [0.05, 0.1) is 12.0 Å². The molecule has 0 bridgehead atoms. The molecular weight excluding hydrogens is 226 g/mol. The molecule has 1 aromatic rings. The van der Waals surface area contributed by atoms with E-state index < -0.39 is 17.8 Å². The lowest BCUT2D eigenvalue weighted by atomic mass is 10.3. The molecule has 0 fully saturated rings. The third kappa shape index (κ3) is 4.74. The van der Waals surface area contributed by atoms with Gasteiger partial charge in [0.25, 0.3) is 5.91 Å². The van der Waals surface area contributed by atoms with E-state index in [1.165, 1.54) is 18.5 Å². The number of nitrogens with zero attached hydrogens (tertiary/aromatic N) is 1. The number of carboxylic acids is 1. The summed E-state index contributed by atoms with van der Waals surface area (Å²) in [4.78, 5) is 36.4. The van der Waals surface area contributed by atoms with E-state index >= 15 is 0 Å². The molecule has 2 amide bonds. The van der Waals surface area contributed by atoms with Gasteiger partial charge in [-0.3, -0.25) is 30.2 Å². The van der Waals surface area contributed by atoms with Crippen LogP contribution < -0.4 is 10.9 Å². The number of carbonyl (C=O) groups excluding carboxylic acids is 2. The molecule has 0 saturated carbocycles. The number of carboxylic acid groups (broad SMARTS) is 1. The van der Waals surface area contributed by atoms with E-state index in [-0.39, 0.29) is 12.8 Å². The largest absolute Gasteiger partial charge is 0.481 e. The third-order valence-corrected chi connectivity index (χ3v) is 1.81. The molecule has 0 radical (unpaired) electrons. The van der Waals surface area contributed by atoms with Crippen molar-refractivity contribution >= 4 is 17.8 Å². The number of pyridine rings is 1. The molecule has 90 valence electrons. The van der Waals surface area contributed by atoms with Crippen molar-refractivity contribution in [1.29, 1.82) is 0 Å². The zero-order valence-electron chi connectivity index (χ0n) is 8.84. The molecule has 0 aliphatic rings. The summed E-state index contributed by atoms with van der Waals surface area (Å²) in [5.41, 5.74) is 4.55. The van der Waals surface area contributed by atoms with Crippen LogP contribution in [0.5, 0.6) is 0 Å². The van der Waals surface area contributed by atoms with Crippen molar-refractivity contribution in [3.8, 4) is 0 Å².